The molecule has 2 saturated heterocycles. The lowest BCUT2D eigenvalue weighted by atomic mass is 10.0. The predicted molar refractivity (Wildman–Crippen MR) is 108 cm³/mol. The average molecular weight is 394 g/mol. The van der Waals surface area contributed by atoms with Crippen molar-refractivity contribution < 1.29 is 13.2 Å². The van der Waals surface area contributed by atoms with Crippen molar-refractivity contribution in [2.24, 2.45) is 5.92 Å². The normalized spacial score (nSPS) is 21.4. The zero-order chi connectivity index (χ0) is 19.3. The van der Waals surface area contributed by atoms with Gasteiger partial charge in [0, 0.05) is 31.2 Å². The first kappa shape index (κ1) is 20.1. The molecule has 0 aromatic heterocycles. The summed E-state index contributed by atoms with van der Waals surface area (Å²) < 4.78 is 23.8. The van der Waals surface area contributed by atoms with Crippen molar-refractivity contribution in [3.63, 3.8) is 0 Å². The zero-order valence-electron chi connectivity index (χ0n) is 16.1. The number of hydrogen-bond donors (Lipinski definition) is 2. The Bertz CT molecular complexity index is 719. The first-order chi connectivity index (χ1) is 13.0. The molecule has 0 saturated carbocycles. The van der Waals surface area contributed by atoms with Crippen LogP contribution in [0.15, 0.2) is 29.2 Å². The van der Waals surface area contributed by atoms with E-state index < -0.39 is 9.84 Å². The Balaban J connectivity index is 1.43. The Hall–Kier alpha value is -1.60. The topological polar surface area (TPSA) is 78.5 Å². The minimum atomic E-state index is -3.15. The highest BCUT2D eigenvalue weighted by Gasteiger charge is 2.22. The summed E-state index contributed by atoms with van der Waals surface area (Å²) >= 11 is 0. The predicted octanol–water partition coefficient (Wildman–Crippen LogP) is 1.95. The van der Waals surface area contributed by atoms with Gasteiger partial charge in [0.2, 0.25) is 5.91 Å². The Labute approximate surface area is 162 Å². The number of carbonyl (C=O) groups excluding carboxylic acids is 1. The van der Waals surface area contributed by atoms with Crippen molar-refractivity contribution in [2.45, 2.75) is 50.0 Å². The fourth-order valence-corrected chi connectivity index (χ4v) is 4.79. The van der Waals surface area contributed by atoms with Gasteiger partial charge in [0.25, 0.3) is 0 Å². The molecule has 0 aliphatic carbocycles. The first-order valence-electron chi connectivity index (χ1n) is 10.1. The molecule has 1 atom stereocenters. The molecular weight excluding hydrogens is 362 g/mol. The number of rotatable bonds is 7. The molecule has 0 bridgehead atoms. The van der Waals surface area contributed by atoms with Crippen LogP contribution in [0.25, 0.3) is 0 Å². The molecule has 6 nitrogen and oxygen atoms in total. The van der Waals surface area contributed by atoms with Crippen LogP contribution in [0.5, 0.6) is 0 Å². The number of carbonyl (C=O) groups is 1. The summed E-state index contributed by atoms with van der Waals surface area (Å²) in [6, 6.07) is 7.41. The summed E-state index contributed by atoms with van der Waals surface area (Å²) in [6.07, 6.45) is 4.63. The van der Waals surface area contributed by atoms with Gasteiger partial charge in [-0.15, -0.1) is 0 Å². The van der Waals surface area contributed by atoms with Gasteiger partial charge < -0.3 is 15.5 Å². The molecule has 27 heavy (non-hydrogen) atoms. The Kier molecular flexibility index (Phi) is 6.76. The number of nitrogens with one attached hydrogen (secondary N) is 2. The van der Waals surface area contributed by atoms with Crippen LogP contribution in [0.1, 0.15) is 39.0 Å². The van der Waals surface area contributed by atoms with Crippen LogP contribution in [0.2, 0.25) is 0 Å². The van der Waals surface area contributed by atoms with Crippen LogP contribution in [-0.4, -0.2) is 52.3 Å². The van der Waals surface area contributed by atoms with Crippen molar-refractivity contribution in [3.8, 4) is 0 Å². The molecule has 1 unspecified atom stereocenters. The molecule has 2 aliphatic rings. The van der Waals surface area contributed by atoms with Crippen molar-refractivity contribution in [1.29, 1.82) is 0 Å². The second-order valence-electron chi connectivity index (χ2n) is 7.62. The summed E-state index contributed by atoms with van der Waals surface area (Å²) in [5.74, 6) is 0.945. The quantitative estimate of drug-likeness (QED) is 0.740. The van der Waals surface area contributed by atoms with Crippen LogP contribution in [-0.2, 0) is 14.6 Å². The molecule has 1 aromatic rings. The Morgan fingerprint density at radius 3 is 2.48 bits per heavy atom. The zero-order valence-corrected chi connectivity index (χ0v) is 16.9. The fourth-order valence-electron chi connectivity index (χ4n) is 3.91. The molecule has 2 aliphatic heterocycles. The number of piperidine rings is 1. The van der Waals surface area contributed by atoms with Gasteiger partial charge in [-0.25, -0.2) is 8.42 Å². The fraction of sp³-hybridized carbons (Fsp3) is 0.650. The SMILES string of the molecule is CCS(=O)(=O)c1ccc(N2CCC(NC(=O)CCC3CCNC3)CC2)cc1. The van der Waals surface area contributed by atoms with E-state index in [9.17, 15) is 13.2 Å². The van der Waals surface area contributed by atoms with Crippen molar-refractivity contribution in [2.75, 3.05) is 36.8 Å². The lowest BCUT2D eigenvalue weighted by molar-refractivity contribution is -0.122. The highest BCUT2D eigenvalue weighted by molar-refractivity contribution is 7.91. The molecule has 2 fully saturated rings. The molecule has 0 radical (unpaired) electrons. The maximum atomic E-state index is 12.2. The lowest BCUT2D eigenvalue weighted by Crippen LogP contribution is -2.44. The van der Waals surface area contributed by atoms with E-state index in [0.29, 0.717) is 17.2 Å². The Morgan fingerprint density at radius 1 is 1.19 bits per heavy atom. The molecule has 2 heterocycles. The second kappa shape index (κ2) is 9.06. The van der Waals surface area contributed by atoms with E-state index in [1.165, 1.54) is 6.42 Å². The van der Waals surface area contributed by atoms with E-state index in [-0.39, 0.29) is 17.7 Å². The van der Waals surface area contributed by atoms with Gasteiger partial charge in [-0.2, -0.15) is 0 Å². The first-order valence-corrected chi connectivity index (χ1v) is 11.7. The van der Waals surface area contributed by atoms with Gasteiger partial charge >= 0.3 is 0 Å². The van der Waals surface area contributed by atoms with E-state index in [1.807, 2.05) is 12.1 Å². The van der Waals surface area contributed by atoms with Gasteiger partial charge in [-0.05, 0) is 69.0 Å². The number of anilines is 1. The maximum absolute atomic E-state index is 12.2. The van der Waals surface area contributed by atoms with E-state index in [4.69, 9.17) is 0 Å². The monoisotopic (exact) mass is 393 g/mol. The van der Waals surface area contributed by atoms with E-state index >= 15 is 0 Å². The number of amides is 1. The van der Waals surface area contributed by atoms with Crippen molar-refractivity contribution in [3.05, 3.63) is 24.3 Å². The number of nitrogens with zero attached hydrogens (tertiary/aromatic N) is 1. The molecule has 2 N–H and O–H groups in total. The van der Waals surface area contributed by atoms with Crippen molar-refractivity contribution in [1.82, 2.24) is 10.6 Å². The van der Waals surface area contributed by atoms with E-state index in [1.54, 1.807) is 19.1 Å². The Morgan fingerprint density at radius 2 is 1.89 bits per heavy atom. The standard InChI is InChI=1S/C20H31N3O3S/c1-2-27(25,26)19-6-4-18(5-7-19)23-13-10-17(11-14-23)22-20(24)8-3-16-9-12-21-15-16/h4-7,16-17,21H,2-3,8-15H2,1H3,(H,22,24). The van der Waals surface area contributed by atoms with Gasteiger partial charge in [0.1, 0.15) is 0 Å². The molecule has 3 rings (SSSR count). The summed E-state index contributed by atoms with van der Waals surface area (Å²) in [5, 5.41) is 6.53. The minimum absolute atomic E-state index is 0.120. The molecule has 1 aromatic carbocycles. The van der Waals surface area contributed by atoms with E-state index in [2.05, 4.69) is 15.5 Å². The maximum Gasteiger partial charge on any atom is 0.220 e. The van der Waals surface area contributed by atoms with Gasteiger partial charge in [0.15, 0.2) is 9.84 Å². The highest BCUT2D eigenvalue weighted by atomic mass is 32.2. The second-order valence-corrected chi connectivity index (χ2v) is 9.90. The molecule has 7 heteroatoms. The highest BCUT2D eigenvalue weighted by Crippen LogP contribution is 2.23. The number of sulfone groups is 1. The number of benzene rings is 1. The minimum Gasteiger partial charge on any atom is -0.371 e. The lowest BCUT2D eigenvalue weighted by Gasteiger charge is -2.34. The van der Waals surface area contributed by atoms with E-state index in [0.717, 1.165) is 51.1 Å². The van der Waals surface area contributed by atoms with Crippen LogP contribution in [0.4, 0.5) is 5.69 Å². The molecular formula is C20H31N3O3S. The number of hydrogen-bond acceptors (Lipinski definition) is 5. The van der Waals surface area contributed by atoms with Crippen LogP contribution >= 0.6 is 0 Å². The summed E-state index contributed by atoms with van der Waals surface area (Å²) in [5.41, 5.74) is 1.04. The van der Waals surface area contributed by atoms with Crippen LogP contribution < -0.4 is 15.5 Å². The molecule has 1 amide bonds. The molecule has 0 spiro atoms. The summed E-state index contributed by atoms with van der Waals surface area (Å²) in [7, 11) is -3.15. The largest absolute Gasteiger partial charge is 0.371 e. The van der Waals surface area contributed by atoms with Gasteiger partial charge in [-0.3, -0.25) is 4.79 Å². The molecule has 150 valence electrons. The third kappa shape index (κ3) is 5.45. The van der Waals surface area contributed by atoms with Crippen LogP contribution in [0.3, 0.4) is 0 Å². The van der Waals surface area contributed by atoms with Crippen molar-refractivity contribution >= 4 is 21.4 Å². The third-order valence-electron chi connectivity index (χ3n) is 5.74. The average Bonchev–Trinajstić information content (AvgIpc) is 3.21. The summed E-state index contributed by atoms with van der Waals surface area (Å²) in [4.78, 5) is 14.8. The van der Waals surface area contributed by atoms with Gasteiger partial charge in [0.05, 0.1) is 10.6 Å². The summed E-state index contributed by atoms with van der Waals surface area (Å²) in [6.45, 7) is 5.53. The smallest absolute Gasteiger partial charge is 0.220 e. The van der Waals surface area contributed by atoms with Crippen LogP contribution in [0, 0.1) is 5.92 Å². The third-order valence-corrected chi connectivity index (χ3v) is 7.49. The van der Waals surface area contributed by atoms with Gasteiger partial charge in [-0.1, -0.05) is 6.92 Å².